The molecule has 1 N–H and O–H groups in total. The Morgan fingerprint density at radius 1 is 1.28 bits per heavy atom. The fourth-order valence-corrected chi connectivity index (χ4v) is 2.26. The van der Waals surface area contributed by atoms with Crippen LogP contribution < -0.4 is 5.32 Å². The van der Waals surface area contributed by atoms with E-state index in [4.69, 9.17) is 23.8 Å². The number of hydrogen-bond donors (Lipinski definition) is 1. The fraction of sp³-hybridized carbons (Fsp3) is 0.500. The summed E-state index contributed by atoms with van der Waals surface area (Å²) >= 11 is 11.6. The van der Waals surface area contributed by atoms with E-state index < -0.39 is 0 Å². The van der Waals surface area contributed by atoms with E-state index in [0.717, 1.165) is 47.3 Å². The summed E-state index contributed by atoms with van der Waals surface area (Å²) < 4.78 is 0. The highest BCUT2D eigenvalue weighted by Gasteiger charge is 2.09. The average molecular weight is 285 g/mol. The second kappa shape index (κ2) is 7.59. The van der Waals surface area contributed by atoms with Crippen molar-refractivity contribution in [2.75, 3.05) is 18.4 Å². The van der Waals surface area contributed by atoms with Crippen LogP contribution in [0.2, 0.25) is 5.02 Å². The predicted molar refractivity (Wildman–Crippen MR) is 84.6 cm³/mol. The van der Waals surface area contributed by atoms with Gasteiger partial charge in [0.1, 0.15) is 0 Å². The molecule has 0 radical (unpaired) electrons. The van der Waals surface area contributed by atoms with Crippen molar-refractivity contribution in [3.05, 3.63) is 28.8 Å². The molecule has 0 spiro atoms. The van der Waals surface area contributed by atoms with E-state index in [2.05, 4.69) is 24.1 Å². The molecule has 0 bridgehead atoms. The first kappa shape index (κ1) is 15.3. The van der Waals surface area contributed by atoms with Gasteiger partial charge in [-0.15, -0.1) is 0 Å². The van der Waals surface area contributed by atoms with Gasteiger partial charge in [0.05, 0.1) is 0 Å². The molecule has 18 heavy (non-hydrogen) atoms. The van der Waals surface area contributed by atoms with Crippen LogP contribution in [-0.2, 0) is 0 Å². The summed E-state index contributed by atoms with van der Waals surface area (Å²) in [6.45, 7) is 8.29. The molecule has 1 aromatic carbocycles. The standard InChI is InChI=1S/C14H21ClN2S/c1-4-9-17(10-5-2)14(18)16-13-8-6-7-12(15)11(13)3/h6-8H,4-5,9-10H2,1-3H3,(H,16,18). The number of thiocarbonyl (C=S) groups is 1. The van der Waals surface area contributed by atoms with Crippen LogP contribution >= 0.6 is 23.8 Å². The molecule has 0 heterocycles. The molecule has 4 heteroatoms. The number of nitrogens with zero attached hydrogens (tertiary/aromatic N) is 1. The Morgan fingerprint density at radius 3 is 2.44 bits per heavy atom. The highest BCUT2D eigenvalue weighted by molar-refractivity contribution is 7.80. The molecular formula is C14H21ClN2S. The SMILES string of the molecule is CCCN(CCC)C(=S)Nc1cccc(Cl)c1C. The predicted octanol–water partition coefficient (Wildman–Crippen LogP) is 4.47. The lowest BCUT2D eigenvalue weighted by Crippen LogP contribution is -2.36. The third-order valence-electron chi connectivity index (χ3n) is 2.78. The normalized spacial score (nSPS) is 10.2. The first-order valence-corrected chi connectivity index (χ1v) is 7.19. The van der Waals surface area contributed by atoms with Gasteiger partial charge in [0.25, 0.3) is 0 Å². The average Bonchev–Trinajstić information content (AvgIpc) is 2.34. The summed E-state index contributed by atoms with van der Waals surface area (Å²) in [5.74, 6) is 0. The third kappa shape index (κ3) is 4.14. The van der Waals surface area contributed by atoms with Gasteiger partial charge in [0.2, 0.25) is 0 Å². The van der Waals surface area contributed by atoms with Crippen molar-refractivity contribution in [1.82, 2.24) is 4.90 Å². The summed E-state index contributed by atoms with van der Waals surface area (Å²) in [5, 5.41) is 4.84. The summed E-state index contributed by atoms with van der Waals surface area (Å²) in [5.41, 5.74) is 2.03. The summed E-state index contributed by atoms with van der Waals surface area (Å²) in [4.78, 5) is 2.20. The van der Waals surface area contributed by atoms with Crippen LogP contribution in [0.5, 0.6) is 0 Å². The van der Waals surface area contributed by atoms with E-state index in [9.17, 15) is 0 Å². The Balaban J connectivity index is 2.75. The van der Waals surface area contributed by atoms with Gasteiger partial charge in [-0.05, 0) is 49.7 Å². The van der Waals surface area contributed by atoms with Gasteiger partial charge in [-0.2, -0.15) is 0 Å². The number of anilines is 1. The van der Waals surface area contributed by atoms with Gasteiger partial charge in [-0.25, -0.2) is 0 Å². The molecule has 0 aliphatic carbocycles. The quantitative estimate of drug-likeness (QED) is 0.803. The number of nitrogens with one attached hydrogen (secondary N) is 1. The maximum Gasteiger partial charge on any atom is 0.173 e. The summed E-state index contributed by atoms with van der Waals surface area (Å²) in [6, 6.07) is 5.83. The topological polar surface area (TPSA) is 15.3 Å². The Hall–Kier alpha value is -0.800. The maximum absolute atomic E-state index is 6.10. The maximum atomic E-state index is 6.10. The van der Waals surface area contributed by atoms with E-state index in [1.54, 1.807) is 0 Å². The van der Waals surface area contributed by atoms with Crippen molar-refractivity contribution in [2.24, 2.45) is 0 Å². The zero-order valence-electron chi connectivity index (χ0n) is 11.3. The van der Waals surface area contributed by atoms with Gasteiger partial charge in [-0.1, -0.05) is 31.5 Å². The molecule has 0 aromatic heterocycles. The third-order valence-corrected chi connectivity index (χ3v) is 3.55. The monoisotopic (exact) mass is 284 g/mol. The van der Waals surface area contributed by atoms with E-state index in [1.807, 2.05) is 25.1 Å². The molecular weight excluding hydrogens is 264 g/mol. The number of rotatable bonds is 5. The van der Waals surface area contributed by atoms with E-state index in [-0.39, 0.29) is 0 Å². The van der Waals surface area contributed by atoms with Crippen molar-refractivity contribution in [1.29, 1.82) is 0 Å². The summed E-state index contributed by atoms with van der Waals surface area (Å²) in [6.07, 6.45) is 2.19. The lowest BCUT2D eigenvalue weighted by molar-refractivity contribution is 0.423. The number of halogens is 1. The Labute approximate surface area is 120 Å². The first-order chi connectivity index (χ1) is 8.60. The van der Waals surface area contributed by atoms with Crippen LogP contribution in [0.15, 0.2) is 18.2 Å². The molecule has 0 aliphatic rings. The second-order valence-corrected chi connectivity index (χ2v) is 5.12. The Bertz CT molecular complexity index is 401. The largest absolute Gasteiger partial charge is 0.349 e. The minimum atomic E-state index is 0.764. The molecule has 1 aromatic rings. The van der Waals surface area contributed by atoms with Crippen molar-refractivity contribution in [2.45, 2.75) is 33.6 Å². The molecule has 100 valence electrons. The van der Waals surface area contributed by atoms with E-state index in [1.165, 1.54) is 0 Å². The Kier molecular flexibility index (Phi) is 6.44. The van der Waals surface area contributed by atoms with Gasteiger partial charge < -0.3 is 10.2 Å². The molecule has 0 fully saturated rings. The number of hydrogen-bond acceptors (Lipinski definition) is 1. The van der Waals surface area contributed by atoms with Crippen molar-refractivity contribution in [3.8, 4) is 0 Å². The molecule has 0 saturated heterocycles. The van der Waals surface area contributed by atoms with Crippen molar-refractivity contribution >= 4 is 34.6 Å². The smallest absolute Gasteiger partial charge is 0.173 e. The molecule has 0 unspecified atom stereocenters. The summed E-state index contributed by atoms with van der Waals surface area (Å²) in [7, 11) is 0. The van der Waals surface area contributed by atoms with Crippen LogP contribution in [0.3, 0.4) is 0 Å². The molecule has 0 amide bonds. The van der Waals surface area contributed by atoms with Crippen LogP contribution in [0.4, 0.5) is 5.69 Å². The van der Waals surface area contributed by atoms with Gasteiger partial charge in [0.15, 0.2) is 5.11 Å². The van der Waals surface area contributed by atoms with Gasteiger partial charge in [0, 0.05) is 23.8 Å². The lowest BCUT2D eigenvalue weighted by atomic mass is 10.2. The highest BCUT2D eigenvalue weighted by atomic mass is 35.5. The van der Waals surface area contributed by atoms with E-state index >= 15 is 0 Å². The second-order valence-electron chi connectivity index (χ2n) is 4.33. The lowest BCUT2D eigenvalue weighted by Gasteiger charge is -2.25. The van der Waals surface area contributed by atoms with Crippen LogP contribution in [-0.4, -0.2) is 23.1 Å². The minimum absolute atomic E-state index is 0.764. The van der Waals surface area contributed by atoms with Crippen molar-refractivity contribution < 1.29 is 0 Å². The van der Waals surface area contributed by atoms with Gasteiger partial charge >= 0.3 is 0 Å². The fourth-order valence-electron chi connectivity index (χ4n) is 1.79. The minimum Gasteiger partial charge on any atom is -0.349 e. The van der Waals surface area contributed by atoms with Crippen LogP contribution in [0.25, 0.3) is 0 Å². The van der Waals surface area contributed by atoms with Gasteiger partial charge in [-0.3, -0.25) is 0 Å². The highest BCUT2D eigenvalue weighted by Crippen LogP contribution is 2.23. The van der Waals surface area contributed by atoms with E-state index in [0.29, 0.717) is 0 Å². The molecule has 2 nitrogen and oxygen atoms in total. The molecule has 0 aliphatic heterocycles. The molecule has 1 rings (SSSR count). The number of benzene rings is 1. The molecule has 0 saturated carbocycles. The van der Waals surface area contributed by atoms with Crippen molar-refractivity contribution in [3.63, 3.8) is 0 Å². The Morgan fingerprint density at radius 2 is 1.89 bits per heavy atom. The zero-order valence-corrected chi connectivity index (χ0v) is 12.9. The first-order valence-electron chi connectivity index (χ1n) is 6.41. The molecule has 0 atom stereocenters. The van der Waals surface area contributed by atoms with Crippen LogP contribution in [0.1, 0.15) is 32.3 Å². The van der Waals surface area contributed by atoms with Crippen LogP contribution in [0, 0.1) is 6.92 Å². The zero-order chi connectivity index (χ0) is 13.5.